The lowest BCUT2D eigenvalue weighted by Gasteiger charge is -2.23. The van der Waals surface area contributed by atoms with E-state index in [4.69, 9.17) is 4.74 Å². The van der Waals surface area contributed by atoms with Crippen LogP contribution in [0.1, 0.15) is 44.6 Å². The molecule has 1 heterocycles. The first-order valence-corrected chi connectivity index (χ1v) is 10.2. The minimum Gasteiger partial charge on any atom is -0.496 e. The lowest BCUT2D eigenvalue weighted by Crippen LogP contribution is -2.49. The standard InChI is InChI=1S/C21H28N4O5/c1-21(12-14-8-6-7-11-16(14)30-2)18(27)25(20(29)24-21)13-17(26)23-19(28)22-15-9-4-3-5-10-15/h6-8,11,15H,3-5,9-10,12-13H2,1-2H3,(H,24,29)(H2,22,23,26,28)/t21-/m0/s1. The summed E-state index contributed by atoms with van der Waals surface area (Å²) >= 11 is 0. The molecule has 0 unspecified atom stereocenters. The van der Waals surface area contributed by atoms with Gasteiger partial charge >= 0.3 is 12.1 Å². The Balaban J connectivity index is 1.58. The molecule has 0 bridgehead atoms. The zero-order valence-corrected chi connectivity index (χ0v) is 17.3. The average Bonchev–Trinajstić information content (AvgIpc) is 2.92. The lowest BCUT2D eigenvalue weighted by atomic mass is 9.92. The van der Waals surface area contributed by atoms with Crippen LogP contribution in [0.4, 0.5) is 9.59 Å². The van der Waals surface area contributed by atoms with Crippen molar-refractivity contribution in [3.63, 3.8) is 0 Å². The second-order valence-corrected chi connectivity index (χ2v) is 8.00. The Labute approximate surface area is 175 Å². The molecule has 1 saturated carbocycles. The maximum Gasteiger partial charge on any atom is 0.325 e. The highest BCUT2D eigenvalue weighted by Gasteiger charge is 2.48. The smallest absolute Gasteiger partial charge is 0.325 e. The van der Waals surface area contributed by atoms with Crippen molar-refractivity contribution in [2.24, 2.45) is 0 Å². The van der Waals surface area contributed by atoms with E-state index >= 15 is 0 Å². The van der Waals surface area contributed by atoms with Gasteiger partial charge in [-0.2, -0.15) is 0 Å². The number of urea groups is 2. The maximum atomic E-state index is 12.9. The van der Waals surface area contributed by atoms with Crippen LogP contribution in [0.2, 0.25) is 0 Å². The van der Waals surface area contributed by atoms with Gasteiger partial charge in [-0.25, -0.2) is 9.59 Å². The first-order valence-electron chi connectivity index (χ1n) is 10.2. The van der Waals surface area contributed by atoms with E-state index in [1.807, 2.05) is 18.2 Å². The number of hydrogen-bond acceptors (Lipinski definition) is 5. The molecule has 9 nitrogen and oxygen atoms in total. The summed E-state index contributed by atoms with van der Waals surface area (Å²) in [5, 5.41) is 7.63. The number of carbonyl (C=O) groups is 4. The van der Waals surface area contributed by atoms with E-state index in [1.165, 1.54) is 7.11 Å². The SMILES string of the molecule is COc1ccccc1C[C@]1(C)NC(=O)N(CC(=O)NC(=O)NC2CCCCC2)C1=O. The maximum absolute atomic E-state index is 12.9. The summed E-state index contributed by atoms with van der Waals surface area (Å²) in [6.07, 6.45) is 5.23. The van der Waals surface area contributed by atoms with Gasteiger partial charge in [-0.05, 0) is 31.4 Å². The number of nitrogens with zero attached hydrogens (tertiary/aromatic N) is 1. The molecule has 0 spiro atoms. The van der Waals surface area contributed by atoms with Crippen molar-refractivity contribution in [3.8, 4) is 5.75 Å². The van der Waals surface area contributed by atoms with Crippen molar-refractivity contribution in [2.45, 2.75) is 57.0 Å². The highest BCUT2D eigenvalue weighted by atomic mass is 16.5. The van der Waals surface area contributed by atoms with Crippen LogP contribution in [-0.2, 0) is 16.0 Å². The fraction of sp³-hybridized carbons (Fsp3) is 0.524. The van der Waals surface area contributed by atoms with Crippen LogP contribution in [0.15, 0.2) is 24.3 Å². The van der Waals surface area contributed by atoms with Crippen LogP contribution < -0.4 is 20.7 Å². The summed E-state index contributed by atoms with van der Waals surface area (Å²) in [5.74, 6) is -0.633. The molecule has 6 amide bonds. The number of para-hydroxylation sites is 1. The number of rotatable bonds is 6. The van der Waals surface area contributed by atoms with Gasteiger partial charge in [0.25, 0.3) is 5.91 Å². The van der Waals surface area contributed by atoms with Crippen molar-refractivity contribution >= 4 is 23.9 Å². The third-order valence-electron chi connectivity index (χ3n) is 5.58. The van der Waals surface area contributed by atoms with Gasteiger partial charge in [-0.15, -0.1) is 0 Å². The van der Waals surface area contributed by atoms with Gasteiger partial charge in [0.15, 0.2) is 0 Å². The molecular formula is C21H28N4O5. The Morgan fingerprint density at radius 2 is 1.90 bits per heavy atom. The molecule has 30 heavy (non-hydrogen) atoms. The Morgan fingerprint density at radius 3 is 2.60 bits per heavy atom. The van der Waals surface area contributed by atoms with Crippen LogP contribution in [-0.4, -0.2) is 54.0 Å². The predicted octanol–water partition coefficient (Wildman–Crippen LogP) is 1.71. The van der Waals surface area contributed by atoms with E-state index in [-0.39, 0.29) is 12.5 Å². The van der Waals surface area contributed by atoms with Crippen molar-refractivity contribution in [1.29, 1.82) is 0 Å². The highest BCUT2D eigenvalue weighted by Crippen LogP contribution is 2.27. The number of imide groups is 2. The average molecular weight is 416 g/mol. The third kappa shape index (κ3) is 4.90. The highest BCUT2D eigenvalue weighted by molar-refractivity contribution is 6.10. The van der Waals surface area contributed by atoms with Crippen molar-refractivity contribution < 1.29 is 23.9 Å². The largest absolute Gasteiger partial charge is 0.496 e. The van der Waals surface area contributed by atoms with Crippen LogP contribution in [0.3, 0.4) is 0 Å². The molecule has 1 aromatic carbocycles. The fourth-order valence-corrected chi connectivity index (χ4v) is 4.02. The molecule has 1 aliphatic heterocycles. The Kier molecular flexibility index (Phi) is 6.59. The summed E-state index contributed by atoms with van der Waals surface area (Å²) in [6.45, 7) is 1.08. The van der Waals surface area contributed by atoms with Crippen LogP contribution in [0.5, 0.6) is 5.75 Å². The molecule has 2 fully saturated rings. The monoisotopic (exact) mass is 416 g/mol. The van der Waals surface area contributed by atoms with Crippen LogP contribution >= 0.6 is 0 Å². The topological polar surface area (TPSA) is 117 Å². The fourth-order valence-electron chi connectivity index (χ4n) is 4.02. The summed E-state index contributed by atoms with van der Waals surface area (Å²) < 4.78 is 5.31. The zero-order chi connectivity index (χ0) is 21.7. The summed E-state index contributed by atoms with van der Waals surface area (Å²) in [4.78, 5) is 50.4. The number of amides is 6. The van der Waals surface area contributed by atoms with Gasteiger partial charge in [0.1, 0.15) is 17.8 Å². The third-order valence-corrected chi connectivity index (χ3v) is 5.58. The second kappa shape index (κ2) is 9.15. The minimum absolute atomic E-state index is 0.0485. The minimum atomic E-state index is -1.21. The predicted molar refractivity (Wildman–Crippen MR) is 109 cm³/mol. The molecule has 3 rings (SSSR count). The van der Waals surface area contributed by atoms with Crippen LogP contribution in [0, 0.1) is 0 Å². The summed E-state index contributed by atoms with van der Waals surface area (Å²) in [6, 6.07) is 6.00. The van der Waals surface area contributed by atoms with Gasteiger partial charge in [0, 0.05) is 12.5 Å². The van der Waals surface area contributed by atoms with Gasteiger partial charge in [-0.3, -0.25) is 19.8 Å². The molecule has 0 aromatic heterocycles. The Hall–Kier alpha value is -3.10. The number of ether oxygens (including phenoxy) is 1. The van der Waals surface area contributed by atoms with Crippen molar-refractivity contribution in [2.75, 3.05) is 13.7 Å². The lowest BCUT2D eigenvalue weighted by molar-refractivity contribution is -0.134. The molecule has 9 heteroatoms. The number of nitrogens with one attached hydrogen (secondary N) is 3. The molecular weight excluding hydrogens is 388 g/mol. The Bertz CT molecular complexity index is 836. The number of methoxy groups -OCH3 is 1. The molecule has 1 aliphatic carbocycles. The molecule has 3 N–H and O–H groups in total. The van der Waals surface area contributed by atoms with E-state index in [1.54, 1.807) is 13.0 Å². The van der Waals surface area contributed by atoms with E-state index in [0.717, 1.165) is 42.6 Å². The van der Waals surface area contributed by atoms with E-state index in [2.05, 4.69) is 16.0 Å². The molecule has 1 aromatic rings. The van der Waals surface area contributed by atoms with Gasteiger partial charge < -0.3 is 15.4 Å². The number of carbonyl (C=O) groups excluding carboxylic acids is 4. The van der Waals surface area contributed by atoms with Crippen LogP contribution in [0.25, 0.3) is 0 Å². The van der Waals surface area contributed by atoms with E-state index in [9.17, 15) is 19.2 Å². The Morgan fingerprint density at radius 1 is 1.20 bits per heavy atom. The second-order valence-electron chi connectivity index (χ2n) is 8.00. The molecule has 1 saturated heterocycles. The van der Waals surface area contributed by atoms with Gasteiger partial charge in [0.05, 0.1) is 7.11 Å². The first-order chi connectivity index (χ1) is 14.3. The molecule has 1 atom stereocenters. The van der Waals surface area contributed by atoms with Gasteiger partial charge in [0.2, 0.25) is 5.91 Å². The number of benzene rings is 1. The van der Waals surface area contributed by atoms with Crippen molar-refractivity contribution in [1.82, 2.24) is 20.9 Å². The van der Waals surface area contributed by atoms with Gasteiger partial charge in [-0.1, -0.05) is 37.5 Å². The normalized spacial score (nSPS) is 21.9. The van der Waals surface area contributed by atoms with Crippen molar-refractivity contribution in [3.05, 3.63) is 29.8 Å². The zero-order valence-electron chi connectivity index (χ0n) is 17.3. The molecule has 0 radical (unpaired) electrons. The first kappa shape index (κ1) is 21.6. The number of hydrogen-bond donors (Lipinski definition) is 3. The van der Waals surface area contributed by atoms with E-state index in [0.29, 0.717) is 5.75 Å². The molecule has 162 valence electrons. The molecule has 2 aliphatic rings. The summed E-state index contributed by atoms with van der Waals surface area (Å²) in [5.41, 5.74) is -0.453. The quantitative estimate of drug-likeness (QED) is 0.611. The van der Waals surface area contributed by atoms with E-state index < -0.39 is 36.0 Å². The summed E-state index contributed by atoms with van der Waals surface area (Å²) in [7, 11) is 1.53.